The van der Waals surface area contributed by atoms with Gasteiger partial charge in [0.05, 0.1) is 16.0 Å². The summed E-state index contributed by atoms with van der Waals surface area (Å²) in [6.45, 7) is 1.11. The molecule has 0 bridgehead atoms. The van der Waals surface area contributed by atoms with Crippen LogP contribution in [0.2, 0.25) is 0 Å². The van der Waals surface area contributed by atoms with Gasteiger partial charge in [0.25, 0.3) is 0 Å². The van der Waals surface area contributed by atoms with Crippen LogP contribution in [-0.2, 0) is 14.8 Å². The van der Waals surface area contributed by atoms with Crippen molar-refractivity contribution in [3.8, 4) is 0 Å². The fourth-order valence-corrected chi connectivity index (χ4v) is 6.21. The van der Waals surface area contributed by atoms with E-state index in [2.05, 4.69) is 15.3 Å². The molecule has 0 aliphatic carbocycles. The Morgan fingerprint density at radius 3 is 2.60 bits per heavy atom. The molecule has 1 saturated heterocycles. The smallest absolute Gasteiger partial charge is 0.243 e. The molecule has 1 aliphatic rings. The zero-order chi connectivity index (χ0) is 21.1. The van der Waals surface area contributed by atoms with Crippen LogP contribution in [0, 0.1) is 0 Å². The number of sulfonamides is 1. The molecule has 158 valence electrons. The van der Waals surface area contributed by atoms with E-state index in [1.165, 1.54) is 39.5 Å². The number of nitrogens with zero attached hydrogens (tertiary/aromatic N) is 3. The molecule has 1 aliphatic heterocycles. The second-order valence-electron chi connectivity index (χ2n) is 6.86. The Balaban J connectivity index is 1.36. The minimum Gasteiger partial charge on any atom is -0.383 e. The van der Waals surface area contributed by atoms with E-state index in [1.54, 1.807) is 12.1 Å². The first-order valence-corrected chi connectivity index (χ1v) is 12.8. The Labute approximate surface area is 182 Å². The summed E-state index contributed by atoms with van der Waals surface area (Å²) in [7, 11) is -3.48. The summed E-state index contributed by atoms with van der Waals surface area (Å²) < 4.78 is 26.9. The van der Waals surface area contributed by atoms with Gasteiger partial charge in [-0.15, -0.1) is 11.3 Å². The number of benzene rings is 1. The number of rotatable bonds is 6. The first-order valence-electron chi connectivity index (χ1n) is 9.47. The summed E-state index contributed by atoms with van der Waals surface area (Å²) in [6.07, 6.45) is 2.84. The van der Waals surface area contributed by atoms with Crippen molar-refractivity contribution in [3.05, 3.63) is 35.7 Å². The molecule has 1 fully saturated rings. The summed E-state index contributed by atoms with van der Waals surface area (Å²) in [6, 6.07) is 8.13. The molecule has 2 aromatic heterocycles. The molecular formula is C19H21N5O3S3. The molecule has 0 unspecified atom stereocenters. The highest BCUT2D eigenvalue weighted by molar-refractivity contribution is 7.99. The first-order chi connectivity index (χ1) is 14.4. The Morgan fingerprint density at radius 1 is 1.13 bits per heavy atom. The van der Waals surface area contributed by atoms with Crippen LogP contribution in [-0.4, -0.2) is 47.4 Å². The normalized spacial score (nSPS) is 15.3. The highest BCUT2D eigenvalue weighted by Gasteiger charge is 2.25. The van der Waals surface area contributed by atoms with E-state index in [4.69, 9.17) is 5.73 Å². The molecule has 1 amide bonds. The van der Waals surface area contributed by atoms with Crippen LogP contribution in [0.5, 0.6) is 0 Å². The van der Waals surface area contributed by atoms with Crippen LogP contribution in [0.15, 0.2) is 45.8 Å². The third-order valence-corrected chi connectivity index (χ3v) is 8.32. The number of amides is 1. The number of thiophene rings is 1. The molecule has 3 aromatic rings. The van der Waals surface area contributed by atoms with Gasteiger partial charge in [0.1, 0.15) is 10.6 Å². The van der Waals surface area contributed by atoms with Gasteiger partial charge in [0, 0.05) is 18.8 Å². The molecule has 11 heteroatoms. The van der Waals surface area contributed by atoms with Gasteiger partial charge in [0.15, 0.2) is 5.16 Å². The predicted molar refractivity (Wildman–Crippen MR) is 120 cm³/mol. The van der Waals surface area contributed by atoms with Gasteiger partial charge in [-0.1, -0.05) is 18.2 Å². The van der Waals surface area contributed by atoms with E-state index in [-0.39, 0.29) is 16.6 Å². The van der Waals surface area contributed by atoms with Crippen LogP contribution < -0.4 is 11.1 Å². The van der Waals surface area contributed by atoms with Crippen molar-refractivity contribution in [1.82, 2.24) is 14.3 Å². The van der Waals surface area contributed by atoms with E-state index < -0.39 is 10.0 Å². The Hall–Kier alpha value is -2.21. The zero-order valence-corrected chi connectivity index (χ0v) is 18.5. The standard InChI is InChI=1S/C19H21N5O3S3/c20-17-15-8-11-28-18(15)23-19(22-17)29-12-16(25)21-13-4-6-14(7-5-13)30(26,27)24-9-2-1-3-10-24/h4-8,11H,1-3,9-10,12H2,(H,21,25)(H2,20,22,23). The van der Waals surface area contributed by atoms with Crippen LogP contribution in [0.1, 0.15) is 19.3 Å². The second-order valence-corrected chi connectivity index (χ2v) is 10.6. The van der Waals surface area contributed by atoms with Gasteiger partial charge < -0.3 is 11.1 Å². The second kappa shape index (κ2) is 8.88. The number of piperidine rings is 1. The summed E-state index contributed by atoms with van der Waals surface area (Å²) in [5.74, 6) is 0.277. The van der Waals surface area contributed by atoms with Crippen molar-refractivity contribution in [1.29, 1.82) is 0 Å². The predicted octanol–water partition coefficient (Wildman–Crippen LogP) is 3.18. The molecule has 0 spiro atoms. The lowest BCUT2D eigenvalue weighted by Crippen LogP contribution is -2.35. The van der Waals surface area contributed by atoms with Gasteiger partial charge >= 0.3 is 0 Å². The van der Waals surface area contributed by atoms with Crippen molar-refractivity contribution in [2.75, 3.05) is 29.9 Å². The average molecular weight is 464 g/mol. The minimum atomic E-state index is -3.48. The molecule has 3 heterocycles. The summed E-state index contributed by atoms with van der Waals surface area (Å²) in [5, 5.41) is 5.92. The summed E-state index contributed by atoms with van der Waals surface area (Å²) in [5.41, 5.74) is 6.46. The van der Waals surface area contributed by atoms with Gasteiger partial charge in [-0.25, -0.2) is 18.4 Å². The van der Waals surface area contributed by atoms with Gasteiger partial charge in [-0.05, 0) is 48.6 Å². The van der Waals surface area contributed by atoms with Crippen LogP contribution >= 0.6 is 23.1 Å². The molecule has 0 atom stereocenters. The molecule has 8 nitrogen and oxygen atoms in total. The third-order valence-electron chi connectivity index (χ3n) is 4.76. The zero-order valence-electron chi connectivity index (χ0n) is 16.1. The number of fused-ring (bicyclic) bond motifs is 1. The van der Waals surface area contributed by atoms with Crippen molar-refractivity contribution < 1.29 is 13.2 Å². The van der Waals surface area contributed by atoms with E-state index in [0.717, 1.165) is 29.5 Å². The van der Waals surface area contributed by atoms with Gasteiger partial charge in [-0.2, -0.15) is 4.31 Å². The maximum absolute atomic E-state index is 12.7. The molecular weight excluding hydrogens is 442 g/mol. The van der Waals surface area contributed by atoms with Gasteiger partial charge in [0.2, 0.25) is 15.9 Å². The lowest BCUT2D eigenvalue weighted by atomic mass is 10.2. The number of hydrogen-bond donors (Lipinski definition) is 2. The molecule has 30 heavy (non-hydrogen) atoms. The number of nitrogens with one attached hydrogen (secondary N) is 1. The first kappa shape index (κ1) is 21.0. The number of thioether (sulfide) groups is 1. The number of carbonyl (C=O) groups is 1. The monoisotopic (exact) mass is 463 g/mol. The topological polar surface area (TPSA) is 118 Å². The highest BCUT2D eigenvalue weighted by atomic mass is 32.2. The van der Waals surface area contributed by atoms with Crippen LogP contribution in [0.4, 0.5) is 11.5 Å². The molecule has 4 rings (SSSR count). The Morgan fingerprint density at radius 2 is 1.87 bits per heavy atom. The number of nitrogens with two attached hydrogens (primary N) is 1. The van der Waals surface area contributed by atoms with Crippen molar-refractivity contribution in [3.63, 3.8) is 0 Å². The van der Waals surface area contributed by atoms with Gasteiger partial charge in [-0.3, -0.25) is 4.79 Å². The number of nitrogen functional groups attached to an aromatic ring is 1. The van der Waals surface area contributed by atoms with E-state index in [1.807, 2.05) is 11.4 Å². The third kappa shape index (κ3) is 4.59. The van der Waals surface area contributed by atoms with Crippen LogP contribution in [0.25, 0.3) is 10.2 Å². The van der Waals surface area contributed by atoms with Crippen molar-refractivity contribution in [2.24, 2.45) is 0 Å². The van der Waals surface area contributed by atoms with E-state index >= 15 is 0 Å². The average Bonchev–Trinajstić information content (AvgIpc) is 3.23. The van der Waals surface area contributed by atoms with Crippen molar-refractivity contribution >= 4 is 60.8 Å². The van der Waals surface area contributed by atoms with E-state index in [9.17, 15) is 13.2 Å². The maximum atomic E-state index is 12.7. The number of carbonyl (C=O) groups excluding carboxylic acids is 1. The van der Waals surface area contributed by atoms with E-state index in [0.29, 0.717) is 29.8 Å². The molecule has 1 aromatic carbocycles. The quantitative estimate of drug-likeness (QED) is 0.426. The van der Waals surface area contributed by atoms with Crippen molar-refractivity contribution in [2.45, 2.75) is 29.3 Å². The Bertz CT molecular complexity index is 1160. The minimum absolute atomic E-state index is 0.115. The largest absolute Gasteiger partial charge is 0.383 e. The SMILES string of the molecule is Nc1nc(SCC(=O)Nc2ccc(S(=O)(=O)N3CCCCC3)cc2)nc2sccc12. The highest BCUT2D eigenvalue weighted by Crippen LogP contribution is 2.26. The fourth-order valence-electron chi connectivity index (χ4n) is 3.21. The number of hydrogen-bond acceptors (Lipinski definition) is 8. The summed E-state index contributed by atoms with van der Waals surface area (Å²) >= 11 is 2.66. The fraction of sp³-hybridized carbons (Fsp3) is 0.316. The lowest BCUT2D eigenvalue weighted by molar-refractivity contribution is -0.113. The molecule has 0 saturated carbocycles. The Kier molecular flexibility index (Phi) is 6.23. The molecule has 0 radical (unpaired) electrons. The number of anilines is 2. The number of aromatic nitrogens is 2. The van der Waals surface area contributed by atoms with Crippen LogP contribution in [0.3, 0.4) is 0 Å². The summed E-state index contributed by atoms with van der Waals surface area (Å²) in [4.78, 5) is 21.9. The maximum Gasteiger partial charge on any atom is 0.243 e. The lowest BCUT2D eigenvalue weighted by Gasteiger charge is -2.25. The molecule has 3 N–H and O–H groups in total.